The zero-order chi connectivity index (χ0) is 29.3. The van der Waals surface area contributed by atoms with Gasteiger partial charge < -0.3 is 25.1 Å². The number of hydrogen-bond acceptors (Lipinski definition) is 8. The highest BCUT2D eigenvalue weighted by molar-refractivity contribution is 5.80. The Hall–Kier alpha value is -2.94. The van der Waals surface area contributed by atoms with Gasteiger partial charge in [-0.05, 0) is 41.9 Å². The Morgan fingerprint density at radius 1 is 0.895 bits per heavy atom. The number of carbonyl (C=O) groups excluding carboxylic acids is 3. The Bertz CT molecular complexity index is 989. The number of esters is 3. The number of nitrogens with two attached hydrogens (primary N) is 1. The highest BCUT2D eigenvalue weighted by Gasteiger charge is 2.37. The summed E-state index contributed by atoms with van der Waals surface area (Å²) in [6, 6.07) is 4.50. The first-order valence-corrected chi connectivity index (χ1v) is 13.1. The number of carboxylic acids is 1. The van der Waals surface area contributed by atoms with Gasteiger partial charge in [0.1, 0.15) is 11.6 Å². The van der Waals surface area contributed by atoms with E-state index in [2.05, 4.69) is 0 Å². The van der Waals surface area contributed by atoms with Crippen molar-refractivity contribution in [3.63, 3.8) is 0 Å². The number of rotatable bonds is 13. The van der Waals surface area contributed by atoms with Crippen molar-refractivity contribution >= 4 is 23.9 Å². The van der Waals surface area contributed by atoms with Crippen LogP contribution in [0.5, 0.6) is 11.5 Å². The second-order valence-electron chi connectivity index (χ2n) is 12.5. The molecule has 0 radical (unpaired) electrons. The van der Waals surface area contributed by atoms with Crippen molar-refractivity contribution in [2.24, 2.45) is 16.6 Å². The van der Waals surface area contributed by atoms with Gasteiger partial charge in [0.2, 0.25) is 0 Å². The van der Waals surface area contributed by atoms with Crippen molar-refractivity contribution in [3.05, 3.63) is 23.8 Å². The molecule has 0 spiro atoms. The number of aliphatic carboxylic acids is 1. The summed E-state index contributed by atoms with van der Waals surface area (Å²) in [5, 5.41) is 9.92. The fourth-order valence-corrected chi connectivity index (χ4v) is 3.77. The lowest BCUT2D eigenvalue weighted by atomic mass is 9.86. The molecule has 214 valence electrons. The number of benzene rings is 1. The van der Waals surface area contributed by atoms with E-state index in [0.29, 0.717) is 12.0 Å². The fraction of sp³-hybridized carbons (Fsp3) is 0.655. The molecule has 0 aliphatic heterocycles. The molecule has 38 heavy (non-hydrogen) atoms. The third-order valence-corrected chi connectivity index (χ3v) is 5.47. The zero-order valence-electron chi connectivity index (χ0n) is 24.1. The molecule has 1 aromatic carbocycles. The summed E-state index contributed by atoms with van der Waals surface area (Å²) < 4.78 is 16.4. The van der Waals surface area contributed by atoms with Crippen LogP contribution < -0.4 is 15.2 Å². The van der Waals surface area contributed by atoms with Crippen LogP contribution in [0.25, 0.3) is 0 Å². The predicted molar refractivity (Wildman–Crippen MR) is 144 cm³/mol. The van der Waals surface area contributed by atoms with Gasteiger partial charge in [-0.3, -0.25) is 19.2 Å². The minimum absolute atomic E-state index is 0.00536. The number of unbranched alkanes of at least 4 members (excludes halogenated alkanes) is 1. The van der Waals surface area contributed by atoms with Gasteiger partial charge in [-0.15, -0.1) is 0 Å². The molecule has 0 aromatic heterocycles. The molecule has 0 amide bonds. The average Bonchev–Trinajstić information content (AvgIpc) is 2.71. The molecular weight excluding hydrogens is 490 g/mol. The number of hydrogen-bond donors (Lipinski definition) is 2. The van der Waals surface area contributed by atoms with Crippen LogP contribution >= 0.6 is 0 Å². The van der Waals surface area contributed by atoms with Crippen molar-refractivity contribution in [2.45, 2.75) is 112 Å². The fourth-order valence-electron chi connectivity index (χ4n) is 3.77. The molecule has 0 fully saturated rings. The minimum Gasteiger partial charge on any atom is -0.480 e. The number of ether oxygens (including phenoxy) is 3. The van der Waals surface area contributed by atoms with Gasteiger partial charge in [-0.1, -0.05) is 61.0 Å². The quantitative estimate of drug-likeness (QED) is 0.257. The predicted octanol–water partition coefficient (Wildman–Crippen LogP) is 5.21. The van der Waals surface area contributed by atoms with Crippen LogP contribution in [-0.4, -0.2) is 40.6 Å². The topological polar surface area (TPSA) is 142 Å². The summed E-state index contributed by atoms with van der Waals surface area (Å²) in [7, 11) is 0. The van der Waals surface area contributed by atoms with E-state index in [1.807, 2.05) is 48.5 Å². The molecule has 3 N–H and O–H groups in total. The molecule has 0 saturated carbocycles. The van der Waals surface area contributed by atoms with Gasteiger partial charge in [-0.25, -0.2) is 0 Å². The van der Waals surface area contributed by atoms with E-state index < -0.39 is 35.5 Å². The average molecular weight is 536 g/mol. The molecule has 0 bridgehead atoms. The summed E-state index contributed by atoms with van der Waals surface area (Å²) >= 11 is 0. The van der Waals surface area contributed by atoms with Crippen LogP contribution in [0.2, 0.25) is 0 Å². The SMILES string of the molecule is CCCCC(=O)O[C@@H](C)CC(N)(Cc1ccc(OC(=O)CC(C)(C)C)c(OC(=O)CC(C)(C)C)c1)C(=O)O. The largest absolute Gasteiger partial charge is 0.480 e. The molecule has 0 aliphatic carbocycles. The monoisotopic (exact) mass is 535 g/mol. The second kappa shape index (κ2) is 13.7. The Balaban J connectivity index is 3.22. The molecule has 2 atom stereocenters. The molecule has 0 saturated heterocycles. The highest BCUT2D eigenvalue weighted by Crippen LogP contribution is 2.33. The first kappa shape index (κ1) is 33.1. The van der Waals surface area contributed by atoms with Gasteiger partial charge in [-0.2, -0.15) is 0 Å². The van der Waals surface area contributed by atoms with E-state index >= 15 is 0 Å². The Morgan fingerprint density at radius 3 is 1.89 bits per heavy atom. The molecule has 1 aromatic rings. The maximum Gasteiger partial charge on any atom is 0.324 e. The van der Waals surface area contributed by atoms with Gasteiger partial charge in [0.15, 0.2) is 11.5 Å². The maximum atomic E-state index is 12.6. The van der Waals surface area contributed by atoms with Crippen LogP contribution in [0.15, 0.2) is 18.2 Å². The Labute approximate surface area is 226 Å². The van der Waals surface area contributed by atoms with Crippen LogP contribution in [0, 0.1) is 10.8 Å². The normalized spacial score (nSPS) is 14.2. The van der Waals surface area contributed by atoms with Crippen molar-refractivity contribution < 1.29 is 38.5 Å². The van der Waals surface area contributed by atoms with Crippen LogP contribution in [-0.2, 0) is 30.3 Å². The van der Waals surface area contributed by atoms with E-state index in [-0.39, 0.29) is 54.4 Å². The highest BCUT2D eigenvalue weighted by atomic mass is 16.6. The lowest BCUT2D eigenvalue weighted by Gasteiger charge is -2.28. The molecule has 1 unspecified atom stereocenters. The maximum absolute atomic E-state index is 12.6. The van der Waals surface area contributed by atoms with Crippen molar-refractivity contribution in [3.8, 4) is 11.5 Å². The summed E-state index contributed by atoms with van der Waals surface area (Å²) in [4.78, 5) is 49.2. The first-order valence-electron chi connectivity index (χ1n) is 13.1. The van der Waals surface area contributed by atoms with Crippen molar-refractivity contribution in [1.29, 1.82) is 0 Å². The van der Waals surface area contributed by atoms with E-state index in [1.165, 1.54) is 12.1 Å². The second-order valence-corrected chi connectivity index (χ2v) is 12.5. The van der Waals surface area contributed by atoms with Crippen LogP contribution in [0.1, 0.15) is 99.5 Å². The molecule has 0 heterocycles. The lowest BCUT2D eigenvalue weighted by molar-refractivity contribution is -0.153. The van der Waals surface area contributed by atoms with Crippen LogP contribution in [0.3, 0.4) is 0 Å². The van der Waals surface area contributed by atoms with Crippen molar-refractivity contribution in [1.82, 2.24) is 0 Å². The van der Waals surface area contributed by atoms with Gasteiger partial charge >= 0.3 is 23.9 Å². The third-order valence-electron chi connectivity index (χ3n) is 5.47. The van der Waals surface area contributed by atoms with Gasteiger partial charge in [0.25, 0.3) is 0 Å². The molecular formula is C29H45NO8. The van der Waals surface area contributed by atoms with E-state index in [0.717, 1.165) is 6.42 Å². The zero-order valence-corrected chi connectivity index (χ0v) is 24.1. The first-order chi connectivity index (χ1) is 17.3. The van der Waals surface area contributed by atoms with E-state index in [1.54, 1.807) is 13.0 Å². The van der Waals surface area contributed by atoms with E-state index in [9.17, 15) is 24.3 Å². The molecule has 9 nitrogen and oxygen atoms in total. The smallest absolute Gasteiger partial charge is 0.324 e. The number of carbonyl (C=O) groups is 4. The summed E-state index contributed by atoms with van der Waals surface area (Å²) in [6.45, 7) is 14.9. The Kier molecular flexibility index (Phi) is 12.0. The summed E-state index contributed by atoms with van der Waals surface area (Å²) in [6.07, 6.45) is 1.05. The van der Waals surface area contributed by atoms with Gasteiger partial charge in [0, 0.05) is 19.3 Å². The molecule has 9 heteroatoms. The third kappa shape index (κ3) is 12.5. The Morgan fingerprint density at radius 2 is 1.42 bits per heavy atom. The van der Waals surface area contributed by atoms with Gasteiger partial charge in [0.05, 0.1) is 12.8 Å². The minimum atomic E-state index is -1.76. The number of carboxylic acid groups (broad SMARTS) is 1. The summed E-state index contributed by atoms with van der Waals surface area (Å²) in [5.41, 5.74) is 4.34. The molecule has 1 rings (SSSR count). The van der Waals surface area contributed by atoms with E-state index in [4.69, 9.17) is 19.9 Å². The van der Waals surface area contributed by atoms with Crippen molar-refractivity contribution in [2.75, 3.05) is 0 Å². The lowest BCUT2D eigenvalue weighted by Crippen LogP contribution is -2.52. The summed E-state index contributed by atoms with van der Waals surface area (Å²) in [5.74, 6) is -2.61. The molecule has 0 aliphatic rings. The standard InChI is InChI=1S/C29H45NO8/c1-9-10-11-23(31)36-19(2)15-29(30,26(34)35)16-20-12-13-21(37-24(32)17-27(3,4)5)22(14-20)38-25(33)18-28(6,7)8/h12-14,19H,9-11,15-18,30H2,1-8H3,(H,34,35)/t19-,29?/m0/s1. The van der Waals surface area contributed by atoms with Crippen LogP contribution in [0.4, 0.5) is 0 Å².